The van der Waals surface area contributed by atoms with Crippen molar-refractivity contribution in [1.82, 2.24) is 10.6 Å². The average Bonchev–Trinajstić information content (AvgIpc) is 3.37. The van der Waals surface area contributed by atoms with Gasteiger partial charge in [0.25, 0.3) is 5.91 Å². The van der Waals surface area contributed by atoms with Gasteiger partial charge < -0.3 is 20.2 Å². The number of benzene rings is 1. The first-order valence-corrected chi connectivity index (χ1v) is 10.0. The van der Waals surface area contributed by atoms with Crippen molar-refractivity contribution in [3.8, 4) is 0 Å². The van der Waals surface area contributed by atoms with Crippen LogP contribution in [0.1, 0.15) is 23.3 Å². The normalized spacial score (nSPS) is 24.4. The lowest BCUT2D eigenvalue weighted by Crippen LogP contribution is -2.57. The Bertz CT molecular complexity index is 794. The molecule has 1 amide bonds. The van der Waals surface area contributed by atoms with Crippen LogP contribution >= 0.6 is 11.3 Å². The number of nitrogens with one attached hydrogen (secondary N) is 2. The lowest BCUT2D eigenvalue weighted by atomic mass is 9.86. The molecule has 1 aromatic carbocycles. The van der Waals surface area contributed by atoms with E-state index < -0.39 is 5.60 Å². The maximum atomic E-state index is 12.5. The highest BCUT2D eigenvalue weighted by Crippen LogP contribution is 2.33. The van der Waals surface area contributed by atoms with Crippen molar-refractivity contribution < 1.29 is 14.4 Å². The van der Waals surface area contributed by atoms with Crippen LogP contribution in [0.5, 0.6) is 0 Å². The number of carbonyl (C=O) groups excluding carboxylic acids is 1. The largest absolute Gasteiger partial charge is 0.384 e. The van der Waals surface area contributed by atoms with E-state index in [0.29, 0.717) is 31.9 Å². The number of thiophene rings is 1. The van der Waals surface area contributed by atoms with Crippen LogP contribution in [0.2, 0.25) is 0 Å². The van der Waals surface area contributed by atoms with Crippen molar-refractivity contribution in [3.63, 3.8) is 0 Å². The second-order valence-electron chi connectivity index (χ2n) is 6.89. The van der Waals surface area contributed by atoms with Gasteiger partial charge in [-0.05, 0) is 23.4 Å². The van der Waals surface area contributed by atoms with Crippen molar-refractivity contribution in [1.29, 1.82) is 0 Å². The number of hydrogen-bond acceptors (Lipinski definition) is 6. The Kier molecular flexibility index (Phi) is 5.52. The zero-order valence-corrected chi connectivity index (χ0v) is 15.8. The van der Waals surface area contributed by atoms with Crippen LogP contribution in [0, 0.1) is 0 Å². The third-order valence-electron chi connectivity index (χ3n) is 5.00. The van der Waals surface area contributed by atoms with Crippen molar-refractivity contribution in [3.05, 3.63) is 58.3 Å². The summed E-state index contributed by atoms with van der Waals surface area (Å²) in [6.45, 7) is 2.38. The van der Waals surface area contributed by atoms with E-state index >= 15 is 0 Å². The molecule has 2 N–H and O–H groups in total. The standard InChI is InChI=1S/C20H23N3O3S/c24-19(22-12-15-5-2-1-3-6-15)17-11-20(26-23-17)14-25-9-8-18(20)21-13-16-7-4-10-27-16/h1-7,10,18,21H,8-9,11-14H2,(H,22,24)/t18-,20-/m1/s1. The van der Waals surface area contributed by atoms with Gasteiger partial charge in [-0.3, -0.25) is 4.79 Å². The number of oxime groups is 1. The molecule has 2 aliphatic rings. The Balaban J connectivity index is 1.35. The molecule has 0 saturated carbocycles. The molecule has 6 nitrogen and oxygen atoms in total. The Labute approximate surface area is 162 Å². The minimum Gasteiger partial charge on any atom is -0.384 e. The van der Waals surface area contributed by atoms with Gasteiger partial charge in [-0.2, -0.15) is 0 Å². The minimum absolute atomic E-state index is 0.0940. The van der Waals surface area contributed by atoms with E-state index in [4.69, 9.17) is 9.57 Å². The maximum absolute atomic E-state index is 12.5. The van der Waals surface area contributed by atoms with E-state index in [1.54, 1.807) is 11.3 Å². The second kappa shape index (κ2) is 8.21. The molecule has 1 spiro atoms. The van der Waals surface area contributed by atoms with Crippen LogP contribution in [-0.4, -0.2) is 36.5 Å². The summed E-state index contributed by atoms with van der Waals surface area (Å²) in [5.41, 5.74) is 0.880. The van der Waals surface area contributed by atoms with Crippen LogP contribution in [0.3, 0.4) is 0 Å². The molecule has 3 heterocycles. The van der Waals surface area contributed by atoms with E-state index in [9.17, 15) is 4.79 Å². The molecule has 2 aromatic rings. The SMILES string of the molecule is O=C(NCc1ccccc1)C1=NO[C@@]2(COCC[C@H]2NCc2cccs2)C1. The molecule has 1 fully saturated rings. The van der Waals surface area contributed by atoms with Crippen LogP contribution in [-0.2, 0) is 27.5 Å². The quantitative estimate of drug-likeness (QED) is 0.801. The van der Waals surface area contributed by atoms with E-state index in [-0.39, 0.29) is 11.9 Å². The van der Waals surface area contributed by atoms with Gasteiger partial charge in [0.2, 0.25) is 0 Å². The van der Waals surface area contributed by atoms with Gasteiger partial charge in [-0.25, -0.2) is 0 Å². The molecule has 7 heteroatoms. The molecule has 1 aromatic heterocycles. The fraction of sp³-hybridized carbons (Fsp3) is 0.400. The smallest absolute Gasteiger partial charge is 0.269 e. The van der Waals surface area contributed by atoms with E-state index in [1.165, 1.54) is 4.88 Å². The predicted molar refractivity (Wildman–Crippen MR) is 105 cm³/mol. The highest BCUT2D eigenvalue weighted by atomic mass is 32.1. The number of amides is 1. The Morgan fingerprint density at radius 2 is 2.11 bits per heavy atom. The molecule has 0 radical (unpaired) electrons. The molecule has 2 atom stereocenters. The number of carbonyl (C=O) groups is 1. The van der Waals surface area contributed by atoms with Crippen LogP contribution in [0.4, 0.5) is 0 Å². The van der Waals surface area contributed by atoms with E-state index in [1.807, 2.05) is 36.4 Å². The second-order valence-corrected chi connectivity index (χ2v) is 7.93. The first kappa shape index (κ1) is 18.2. The van der Waals surface area contributed by atoms with E-state index in [0.717, 1.165) is 18.5 Å². The highest BCUT2D eigenvalue weighted by Gasteiger charge is 2.49. The molecular formula is C20H23N3O3S. The zero-order valence-electron chi connectivity index (χ0n) is 15.0. The fourth-order valence-electron chi connectivity index (χ4n) is 3.49. The van der Waals surface area contributed by atoms with Gasteiger partial charge in [0.05, 0.1) is 12.6 Å². The fourth-order valence-corrected chi connectivity index (χ4v) is 4.15. The first-order chi connectivity index (χ1) is 13.3. The van der Waals surface area contributed by atoms with Gasteiger partial charge in [0.15, 0.2) is 5.60 Å². The molecule has 1 saturated heterocycles. The van der Waals surface area contributed by atoms with Crippen molar-refractivity contribution in [2.75, 3.05) is 13.2 Å². The zero-order chi connectivity index (χ0) is 18.5. The average molecular weight is 385 g/mol. The lowest BCUT2D eigenvalue weighted by Gasteiger charge is -2.38. The molecule has 2 aliphatic heterocycles. The summed E-state index contributed by atoms with van der Waals surface area (Å²) in [4.78, 5) is 19.6. The van der Waals surface area contributed by atoms with Crippen LogP contribution in [0.25, 0.3) is 0 Å². The summed E-state index contributed by atoms with van der Waals surface area (Å²) in [5, 5.41) is 12.7. The molecule has 0 aliphatic carbocycles. The van der Waals surface area contributed by atoms with Gasteiger partial charge in [-0.1, -0.05) is 41.6 Å². The summed E-state index contributed by atoms with van der Waals surface area (Å²) in [6, 6.07) is 14.1. The monoisotopic (exact) mass is 385 g/mol. The summed E-state index contributed by atoms with van der Waals surface area (Å²) >= 11 is 1.73. The van der Waals surface area contributed by atoms with E-state index in [2.05, 4.69) is 27.2 Å². The molecule has 4 rings (SSSR count). The summed E-state index contributed by atoms with van der Waals surface area (Å²) in [6.07, 6.45) is 1.29. The Morgan fingerprint density at radius 3 is 2.93 bits per heavy atom. The van der Waals surface area contributed by atoms with Crippen LogP contribution in [0.15, 0.2) is 53.0 Å². The molecule has 142 valence electrons. The van der Waals surface area contributed by atoms with Crippen molar-refractivity contribution in [2.45, 2.75) is 37.6 Å². The third-order valence-corrected chi connectivity index (χ3v) is 5.87. The Hall–Kier alpha value is -2.22. The number of ether oxygens (including phenoxy) is 1. The van der Waals surface area contributed by atoms with Gasteiger partial charge in [0, 0.05) is 31.0 Å². The minimum atomic E-state index is -0.602. The van der Waals surface area contributed by atoms with Crippen molar-refractivity contribution in [2.24, 2.45) is 5.16 Å². The molecular weight excluding hydrogens is 362 g/mol. The lowest BCUT2D eigenvalue weighted by molar-refractivity contribution is -0.131. The maximum Gasteiger partial charge on any atom is 0.269 e. The first-order valence-electron chi connectivity index (χ1n) is 9.16. The Morgan fingerprint density at radius 1 is 1.22 bits per heavy atom. The van der Waals surface area contributed by atoms with Gasteiger partial charge in [-0.15, -0.1) is 11.3 Å². The van der Waals surface area contributed by atoms with Gasteiger partial charge >= 0.3 is 0 Å². The van der Waals surface area contributed by atoms with Crippen LogP contribution < -0.4 is 10.6 Å². The molecule has 0 bridgehead atoms. The number of rotatable bonds is 6. The number of hydrogen-bond donors (Lipinski definition) is 2. The molecule has 27 heavy (non-hydrogen) atoms. The third kappa shape index (κ3) is 4.21. The number of nitrogens with zero attached hydrogens (tertiary/aromatic N) is 1. The topological polar surface area (TPSA) is 72.0 Å². The highest BCUT2D eigenvalue weighted by molar-refractivity contribution is 7.09. The van der Waals surface area contributed by atoms with Gasteiger partial charge in [0.1, 0.15) is 5.71 Å². The van der Waals surface area contributed by atoms with Crippen molar-refractivity contribution >= 4 is 23.0 Å². The summed E-state index contributed by atoms with van der Waals surface area (Å²) in [7, 11) is 0. The summed E-state index contributed by atoms with van der Waals surface area (Å²) in [5.74, 6) is -0.182. The molecule has 0 unspecified atom stereocenters. The summed E-state index contributed by atoms with van der Waals surface area (Å²) < 4.78 is 5.66. The predicted octanol–water partition coefficient (Wildman–Crippen LogP) is 2.46.